The van der Waals surface area contributed by atoms with Gasteiger partial charge in [0, 0.05) is 12.6 Å². The van der Waals surface area contributed by atoms with E-state index in [1.165, 1.54) is 0 Å². The standard InChI is InChI=1S/C15H23N3O2/c1-18-8-2-3-12(10-18)17-15(20)14(16)9-11-4-6-13(19)7-5-11/h4-7,12,14,19H,2-3,8-10,16H2,1H3,(H,17,20). The molecule has 2 rings (SSSR count). The van der Waals surface area contributed by atoms with Gasteiger partial charge in [-0.05, 0) is 50.6 Å². The van der Waals surface area contributed by atoms with Crippen LogP contribution < -0.4 is 11.1 Å². The Hall–Kier alpha value is -1.59. The molecule has 1 heterocycles. The van der Waals surface area contributed by atoms with Gasteiger partial charge in [0.25, 0.3) is 0 Å². The average molecular weight is 277 g/mol. The van der Waals surface area contributed by atoms with Gasteiger partial charge in [0.1, 0.15) is 5.75 Å². The van der Waals surface area contributed by atoms with Crippen molar-refractivity contribution < 1.29 is 9.90 Å². The van der Waals surface area contributed by atoms with Crippen LogP contribution in [0.2, 0.25) is 0 Å². The van der Waals surface area contributed by atoms with Gasteiger partial charge in [0.05, 0.1) is 6.04 Å². The van der Waals surface area contributed by atoms with E-state index in [0.29, 0.717) is 6.42 Å². The Labute approximate surface area is 119 Å². The molecule has 1 aromatic carbocycles. The minimum absolute atomic E-state index is 0.0987. The first-order chi connectivity index (χ1) is 9.54. The van der Waals surface area contributed by atoms with Crippen molar-refractivity contribution in [3.63, 3.8) is 0 Å². The molecular weight excluding hydrogens is 254 g/mol. The van der Waals surface area contributed by atoms with Crippen molar-refractivity contribution in [3.05, 3.63) is 29.8 Å². The minimum atomic E-state index is -0.549. The summed E-state index contributed by atoms with van der Waals surface area (Å²) >= 11 is 0. The summed E-state index contributed by atoms with van der Waals surface area (Å²) < 4.78 is 0. The number of rotatable bonds is 4. The fourth-order valence-electron chi connectivity index (χ4n) is 2.57. The molecule has 2 atom stereocenters. The van der Waals surface area contributed by atoms with Crippen LogP contribution >= 0.6 is 0 Å². The predicted octanol–water partition coefficient (Wildman–Crippen LogP) is 0.472. The Balaban J connectivity index is 1.83. The van der Waals surface area contributed by atoms with E-state index in [2.05, 4.69) is 17.3 Å². The second-order valence-electron chi connectivity index (χ2n) is 5.59. The van der Waals surface area contributed by atoms with E-state index in [1.807, 2.05) is 0 Å². The summed E-state index contributed by atoms with van der Waals surface area (Å²) in [5, 5.41) is 12.3. The average Bonchev–Trinajstić information content (AvgIpc) is 2.41. The molecular formula is C15H23N3O2. The van der Waals surface area contributed by atoms with Crippen LogP contribution in [-0.4, -0.2) is 48.1 Å². The van der Waals surface area contributed by atoms with Gasteiger partial charge in [0.15, 0.2) is 0 Å². The van der Waals surface area contributed by atoms with Gasteiger partial charge in [-0.25, -0.2) is 0 Å². The van der Waals surface area contributed by atoms with E-state index >= 15 is 0 Å². The number of likely N-dealkylation sites (N-methyl/N-ethyl adjacent to an activating group) is 1. The molecule has 1 aromatic rings. The first-order valence-electron chi connectivity index (χ1n) is 7.07. The number of carbonyl (C=O) groups excluding carboxylic acids is 1. The van der Waals surface area contributed by atoms with E-state index in [1.54, 1.807) is 24.3 Å². The number of carbonyl (C=O) groups is 1. The highest BCUT2D eigenvalue weighted by Gasteiger charge is 2.22. The lowest BCUT2D eigenvalue weighted by atomic mass is 10.0. The van der Waals surface area contributed by atoms with Gasteiger partial charge >= 0.3 is 0 Å². The number of hydrogen-bond acceptors (Lipinski definition) is 4. The molecule has 2 unspecified atom stereocenters. The van der Waals surface area contributed by atoms with E-state index in [9.17, 15) is 9.90 Å². The number of likely N-dealkylation sites (tertiary alicyclic amines) is 1. The molecule has 0 radical (unpaired) electrons. The number of nitrogens with two attached hydrogens (primary N) is 1. The molecule has 5 nitrogen and oxygen atoms in total. The molecule has 20 heavy (non-hydrogen) atoms. The molecule has 5 heteroatoms. The summed E-state index contributed by atoms with van der Waals surface area (Å²) in [5.41, 5.74) is 6.90. The van der Waals surface area contributed by atoms with Crippen molar-refractivity contribution in [1.82, 2.24) is 10.2 Å². The Kier molecular flexibility index (Phi) is 4.98. The fraction of sp³-hybridized carbons (Fsp3) is 0.533. The number of aromatic hydroxyl groups is 1. The van der Waals surface area contributed by atoms with Gasteiger partial charge < -0.3 is 21.1 Å². The van der Waals surface area contributed by atoms with Crippen molar-refractivity contribution in [2.24, 2.45) is 5.73 Å². The number of nitrogens with one attached hydrogen (secondary N) is 1. The predicted molar refractivity (Wildman–Crippen MR) is 78.4 cm³/mol. The second kappa shape index (κ2) is 6.72. The molecule has 0 spiro atoms. The molecule has 1 fully saturated rings. The molecule has 1 saturated heterocycles. The highest BCUT2D eigenvalue weighted by atomic mass is 16.3. The quantitative estimate of drug-likeness (QED) is 0.747. The Morgan fingerprint density at radius 2 is 2.20 bits per heavy atom. The molecule has 1 amide bonds. The Morgan fingerprint density at radius 3 is 2.85 bits per heavy atom. The first-order valence-corrected chi connectivity index (χ1v) is 7.07. The zero-order valence-corrected chi connectivity index (χ0v) is 11.9. The third-order valence-electron chi connectivity index (χ3n) is 3.70. The van der Waals surface area contributed by atoms with Gasteiger partial charge in [-0.2, -0.15) is 0 Å². The summed E-state index contributed by atoms with van der Waals surface area (Å²) in [6.07, 6.45) is 2.60. The van der Waals surface area contributed by atoms with Gasteiger partial charge in [-0.3, -0.25) is 4.79 Å². The van der Waals surface area contributed by atoms with Gasteiger partial charge in [-0.1, -0.05) is 12.1 Å². The van der Waals surface area contributed by atoms with Crippen LogP contribution in [0.3, 0.4) is 0 Å². The maximum Gasteiger partial charge on any atom is 0.237 e. The van der Waals surface area contributed by atoms with Crippen LogP contribution in [0.15, 0.2) is 24.3 Å². The van der Waals surface area contributed by atoms with Crippen LogP contribution in [0.5, 0.6) is 5.75 Å². The van der Waals surface area contributed by atoms with Crippen molar-refractivity contribution >= 4 is 5.91 Å². The molecule has 0 aliphatic carbocycles. The number of hydrogen-bond donors (Lipinski definition) is 3. The summed E-state index contributed by atoms with van der Waals surface area (Å²) in [6, 6.07) is 6.44. The minimum Gasteiger partial charge on any atom is -0.508 e. The summed E-state index contributed by atoms with van der Waals surface area (Å²) in [4.78, 5) is 14.3. The number of phenols is 1. The summed E-state index contributed by atoms with van der Waals surface area (Å²) in [6.45, 7) is 1.98. The van der Waals surface area contributed by atoms with E-state index in [0.717, 1.165) is 31.5 Å². The number of piperidine rings is 1. The molecule has 110 valence electrons. The lowest BCUT2D eigenvalue weighted by Crippen LogP contribution is -2.51. The fourth-order valence-corrected chi connectivity index (χ4v) is 2.57. The van der Waals surface area contributed by atoms with E-state index < -0.39 is 6.04 Å². The molecule has 0 bridgehead atoms. The SMILES string of the molecule is CN1CCCC(NC(=O)C(N)Cc2ccc(O)cc2)C1. The zero-order valence-electron chi connectivity index (χ0n) is 11.9. The monoisotopic (exact) mass is 277 g/mol. The van der Waals surface area contributed by atoms with E-state index in [-0.39, 0.29) is 17.7 Å². The van der Waals surface area contributed by atoms with Crippen molar-refractivity contribution in [2.45, 2.75) is 31.3 Å². The Bertz CT molecular complexity index is 447. The Morgan fingerprint density at radius 1 is 1.50 bits per heavy atom. The van der Waals surface area contributed by atoms with Gasteiger partial charge in [-0.15, -0.1) is 0 Å². The smallest absolute Gasteiger partial charge is 0.237 e. The third-order valence-corrected chi connectivity index (χ3v) is 3.70. The molecule has 1 aliphatic rings. The maximum absolute atomic E-state index is 12.1. The molecule has 0 aromatic heterocycles. The summed E-state index contributed by atoms with van der Waals surface area (Å²) in [5.74, 6) is 0.121. The van der Waals surface area contributed by atoms with Crippen LogP contribution in [0.1, 0.15) is 18.4 Å². The lowest BCUT2D eigenvalue weighted by molar-refractivity contribution is -0.123. The number of benzene rings is 1. The van der Waals surface area contributed by atoms with Crippen LogP contribution in [-0.2, 0) is 11.2 Å². The number of nitrogens with zero attached hydrogens (tertiary/aromatic N) is 1. The second-order valence-corrected chi connectivity index (χ2v) is 5.59. The molecule has 4 N–H and O–H groups in total. The van der Waals surface area contributed by atoms with E-state index in [4.69, 9.17) is 5.73 Å². The largest absolute Gasteiger partial charge is 0.508 e. The van der Waals surface area contributed by atoms with Gasteiger partial charge in [0.2, 0.25) is 5.91 Å². The maximum atomic E-state index is 12.1. The number of phenolic OH excluding ortho intramolecular Hbond substituents is 1. The molecule has 1 aliphatic heterocycles. The van der Waals surface area contributed by atoms with Crippen LogP contribution in [0, 0.1) is 0 Å². The highest BCUT2D eigenvalue weighted by molar-refractivity contribution is 5.82. The normalized spacial score (nSPS) is 21.4. The van der Waals surface area contributed by atoms with Crippen molar-refractivity contribution in [2.75, 3.05) is 20.1 Å². The van der Waals surface area contributed by atoms with Crippen LogP contribution in [0.4, 0.5) is 0 Å². The topological polar surface area (TPSA) is 78.6 Å². The zero-order chi connectivity index (χ0) is 14.5. The highest BCUT2D eigenvalue weighted by Crippen LogP contribution is 2.12. The summed E-state index contributed by atoms with van der Waals surface area (Å²) in [7, 11) is 2.06. The van der Waals surface area contributed by atoms with Crippen molar-refractivity contribution in [3.8, 4) is 5.75 Å². The molecule has 0 saturated carbocycles. The first kappa shape index (κ1) is 14.8. The van der Waals surface area contributed by atoms with Crippen LogP contribution in [0.25, 0.3) is 0 Å². The number of amides is 1. The third kappa shape index (κ3) is 4.21. The lowest BCUT2D eigenvalue weighted by Gasteiger charge is -2.30. The van der Waals surface area contributed by atoms with Crippen molar-refractivity contribution in [1.29, 1.82) is 0 Å².